The van der Waals surface area contributed by atoms with Gasteiger partial charge in [-0.2, -0.15) is 0 Å². The third kappa shape index (κ3) is 7.46. The van der Waals surface area contributed by atoms with E-state index in [2.05, 4.69) is 41.6 Å². The molecule has 2 aromatic carbocycles. The molecule has 152 valence electrons. The van der Waals surface area contributed by atoms with Crippen LogP contribution in [-0.2, 0) is 24.1 Å². The largest absolute Gasteiger partial charge is 0.370 e. The number of nitrogens with two attached hydrogens (primary N) is 1. The van der Waals surface area contributed by atoms with E-state index < -0.39 is 0 Å². The van der Waals surface area contributed by atoms with E-state index in [9.17, 15) is 9.18 Å². The van der Waals surface area contributed by atoms with Crippen LogP contribution in [0.4, 0.5) is 10.1 Å². The van der Waals surface area contributed by atoms with Gasteiger partial charge in [0.15, 0.2) is 5.96 Å². The van der Waals surface area contributed by atoms with Crippen LogP contribution in [0.25, 0.3) is 0 Å². The van der Waals surface area contributed by atoms with Gasteiger partial charge < -0.3 is 16.4 Å². The Balaban J connectivity index is 0.00000392. The summed E-state index contributed by atoms with van der Waals surface area (Å²) in [6.07, 6.45) is 2.02. The lowest BCUT2D eigenvalue weighted by atomic mass is 10.0. The van der Waals surface area contributed by atoms with E-state index in [1.807, 2.05) is 6.07 Å². The second-order valence-electron chi connectivity index (χ2n) is 6.20. The molecule has 7 heteroatoms. The second-order valence-corrected chi connectivity index (χ2v) is 6.20. The first-order chi connectivity index (χ1) is 13.0. The summed E-state index contributed by atoms with van der Waals surface area (Å²) >= 11 is 0. The van der Waals surface area contributed by atoms with Gasteiger partial charge in [0.05, 0.1) is 13.0 Å². The van der Waals surface area contributed by atoms with Gasteiger partial charge in [-0.05, 0) is 41.7 Å². The van der Waals surface area contributed by atoms with Crippen LogP contribution in [-0.4, -0.2) is 25.0 Å². The number of aliphatic imine (C=N–C) groups is 1. The first-order valence-corrected chi connectivity index (χ1v) is 9.22. The molecular weight excluding hydrogens is 470 g/mol. The molecule has 4 N–H and O–H groups in total. The summed E-state index contributed by atoms with van der Waals surface area (Å²) < 4.78 is 12.9. The minimum Gasteiger partial charge on any atom is -0.370 e. The van der Waals surface area contributed by atoms with Crippen LogP contribution in [0, 0.1) is 5.82 Å². The summed E-state index contributed by atoms with van der Waals surface area (Å²) in [6.45, 7) is 4.97. The van der Waals surface area contributed by atoms with E-state index in [-0.39, 0.29) is 42.1 Å². The molecule has 0 spiro atoms. The van der Waals surface area contributed by atoms with Crippen molar-refractivity contribution in [3.05, 3.63) is 65.0 Å². The molecule has 0 radical (unpaired) electrons. The molecule has 2 rings (SSSR count). The number of nitrogens with zero attached hydrogens (tertiary/aromatic N) is 1. The zero-order valence-electron chi connectivity index (χ0n) is 16.3. The lowest BCUT2D eigenvalue weighted by Crippen LogP contribution is -2.29. The Kier molecular flexibility index (Phi) is 10.5. The number of rotatable bonds is 8. The third-order valence-corrected chi connectivity index (χ3v) is 4.25. The van der Waals surface area contributed by atoms with Gasteiger partial charge in [-0.3, -0.25) is 9.79 Å². The highest BCUT2D eigenvalue weighted by Gasteiger charge is 2.07. The number of carbonyl (C=O) groups excluding carboxylic acids is 1. The Bertz CT molecular complexity index is 771. The molecule has 0 saturated carbocycles. The van der Waals surface area contributed by atoms with Crippen LogP contribution in [0.1, 0.15) is 30.5 Å². The molecule has 28 heavy (non-hydrogen) atoms. The van der Waals surface area contributed by atoms with Gasteiger partial charge in [-0.25, -0.2) is 4.39 Å². The minimum atomic E-state index is -0.313. The van der Waals surface area contributed by atoms with Crippen molar-refractivity contribution < 1.29 is 9.18 Å². The fourth-order valence-electron chi connectivity index (χ4n) is 2.79. The number of guanidine groups is 1. The Hall–Kier alpha value is -2.16. The number of amides is 1. The Morgan fingerprint density at radius 1 is 1.07 bits per heavy atom. The summed E-state index contributed by atoms with van der Waals surface area (Å²) in [6, 6.07) is 12.1. The Labute approximate surface area is 183 Å². The third-order valence-electron chi connectivity index (χ3n) is 4.25. The summed E-state index contributed by atoms with van der Waals surface area (Å²) in [4.78, 5) is 16.2. The molecule has 0 aliphatic rings. The maximum absolute atomic E-state index is 12.9. The molecule has 0 saturated heterocycles. The van der Waals surface area contributed by atoms with Crippen LogP contribution >= 0.6 is 24.0 Å². The van der Waals surface area contributed by atoms with Gasteiger partial charge >= 0.3 is 0 Å². The van der Waals surface area contributed by atoms with Crippen LogP contribution in [0.3, 0.4) is 0 Å². The summed E-state index contributed by atoms with van der Waals surface area (Å²) in [7, 11) is 0. The standard InChI is InChI=1S/C21H27FN4O.HI/c1-3-16-6-5-7-17(4-2)20(16)26-21(23)25-13-12-24-19(27)14-15-8-10-18(22)11-9-15;/h5-11H,3-4,12-14H2,1-2H3,(H,24,27)(H3,23,25,26);1H. The van der Waals surface area contributed by atoms with Crippen LogP contribution < -0.4 is 16.4 Å². The van der Waals surface area contributed by atoms with Crippen molar-refractivity contribution in [3.8, 4) is 0 Å². The fourth-order valence-corrected chi connectivity index (χ4v) is 2.79. The number of hydrogen-bond donors (Lipinski definition) is 3. The van der Waals surface area contributed by atoms with Crippen molar-refractivity contribution in [2.24, 2.45) is 10.7 Å². The topological polar surface area (TPSA) is 79.5 Å². The number of benzene rings is 2. The van der Waals surface area contributed by atoms with E-state index in [0.29, 0.717) is 19.0 Å². The normalized spacial score (nSPS) is 10.9. The first-order valence-electron chi connectivity index (χ1n) is 9.22. The van der Waals surface area contributed by atoms with Crippen LogP contribution in [0.5, 0.6) is 0 Å². The molecule has 1 amide bonds. The smallest absolute Gasteiger partial charge is 0.224 e. The summed E-state index contributed by atoms with van der Waals surface area (Å²) in [5, 5.41) is 5.98. The lowest BCUT2D eigenvalue weighted by molar-refractivity contribution is -0.120. The lowest BCUT2D eigenvalue weighted by Gasteiger charge is -2.14. The van der Waals surface area contributed by atoms with Crippen molar-refractivity contribution in [1.82, 2.24) is 5.32 Å². The highest BCUT2D eigenvalue weighted by molar-refractivity contribution is 14.0. The van der Waals surface area contributed by atoms with Gasteiger partial charge in [-0.1, -0.05) is 44.2 Å². The summed E-state index contributed by atoms with van der Waals surface area (Å²) in [5.74, 6) is -0.112. The van der Waals surface area contributed by atoms with E-state index in [1.165, 1.54) is 23.3 Å². The number of anilines is 1. The minimum absolute atomic E-state index is 0. The molecular formula is C21H28FIN4O. The van der Waals surface area contributed by atoms with Crippen LogP contribution in [0.2, 0.25) is 0 Å². The van der Waals surface area contributed by atoms with Crippen LogP contribution in [0.15, 0.2) is 47.5 Å². The molecule has 0 aromatic heterocycles. The average molecular weight is 498 g/mol. The van der Waals surface area contributed by atoms with Crippen molar-refractivity contribution in [2.75, 3.05) is 18.4 Å². The monoisotopic (exact) mass is 498 g/mol. The predicted molar refractivity (Wildman–Crippen MR) is 124 cm³/mol. The molecule has 5 nitrogen and oxygen atoms in total. The maximum atomic E-state index is 12.9. The molecule has 0 unspecified atom stereocenters. The fraction of sp³-hybridized carbons (Fsp3) is 0.333. The number of para-hydroxylation sites is 1. The number of halogens is 2. The molecule has 0 aliphatic carbocycles. The van der Waals surface area contributed by atoms with E-state index in [0.717, 1.165) is 24.1 Å². The molecule has 0 aliphatic heterocycles. The van der Waals surface area contributed by atoms with Crippen molar-refractivity contribution in [1.29, 1.82) is 0 Å². The van der Waals surface area contributed by atoms with E-state index in [1.54, 1.807) is 12.1 Å². The summed E-state index contributed by atoms with van der Waals surface area (Å²) in [5.41, 5.74) is 10.2. The quantitative estimate of drug-likeness (QED) is 0.225. The van der Waals surface area contributed by atoms with Crippen molar-refractivity contribution >= 4 is 41.5 Å². The first kappa shape index (κ1) is 23.9. The number of hydrogen-bond acceptors (Lipinski definition) is 2. The van der Waals surface area contributed by atoms with E-state index in [4.69, 9.17) is 5.73 Å². The zero-order valence-corrected chi connectivity index (χ0v) is 18.6. The van der Waals surface area contributed by atoms with Crippen molar-refractivity contribution in [2.45, 2.75) is 33.1 Å². The second kappa shape index (κ2) is 12.3. The molecule has 0 bridgehead atoms. The SMILES string of the molecule is CCc1cccc(CC)c1NC(N)=NCCNC(=O)Cc1ccc(F)cc1.I. The van der Waals surface area contributed by atoms with Crippen molar-refractivity contribution in [3.63, 3.8) is 0 Å². The maximum Gasteiger partial charge on any atom is 0.224 e. The Morgan fingerprint density at radius 2 is 1.68 bits per heavy atom. The van der Waals surface area contributed by atoms with Gasteiger partial charge in [0, 0.05) is 12.2 Å². The predicted octanol–water partition coefficient (Wildman–Crippen LogP) is 3.65. The average Bonchev–Trinajstić information content (AvgIpc) is 2.67. The molecule has 2 aromatic rings. The zero-order chi connectivity index (χ0) is 19.6. The number of aryl methyl sites for hydroxylation is 2. The Morgan fingerprint density at radius 3 is 2.25 bits per heavy atom. The van der Waals surface area contributed by atoms with Gasteiger partial charge in [0.1, 0.15) is 5.82 Å². The highest BCUT2D eigenvalue weighted by atomic mass is 127. The number of nitrogens with one attached hydrogen (secondary N) is 2. The molecule has 0 heterocycles. The van der Waals surface area contributed by atoms with Gasteiger partial charge in [-0.15, -0.1) is 24.0 Å². The van der Waals surface area contributed by atoms with Gasteiger partial charge in [0.2, 0.25) is 5.91 Å². The molecule has 0 fully saturated rings. The highest BCUT2D eigenvalue weighted by Crippen LogP contribution is 2.22. The van der Waals surface area contributed by atoms with Gasteiger partial charge in [0.25, 0.3) is 0 Å². The number of carbonyl (C=O) groups is 1. The van der Waals surface area contributed by atoms with E-state index >= 15 is 0 Å². The molecule has 0 atom stereocenters.